The van der Waals surface area contributed by atoms with Gasteiger partial charge in [0.15, 0.2) is 5.11 Å². The van der Waals surface area contributed by atoms with Crippen molar-refractivity contribution in [3.05, 3.63) is 69.2 Å². The zero-order chi connectivity index (χ0) is 16.8. The number of amides is 1. The van der Waals surface area contributed by atoms with Crippen LogP contribution in [0, 0.1) is 0 Å². The molecule has 0 radical (unpaired) electrons. The molecule has 0 aromatic heterocycles. The van der Waals surface area contributed by atoms with Crippen molar-refractivity contribution in [1.82, 2.24) is 5.32 Å². The highest BCUT2D eigenvalue weighted by atomic mass is 35.5. The van der Waals surface area contributed by atoms with Crippen molar-refractivity contribution in [2.75, 3.05) is 5.32 Å². The van der Waals surface area contributed by atoms with E-state index in [9.17, 15) is 4.79 Å². The fourth-order valence-electron chi connectivity index (χ4n) is 1.67. The molecular formula is C16H11Cl3N2OS. The van der Waals surface area contributed by atoms with Gasteiger partial charge in [0.05, 0.1) is 10.0 Å². The standard InChI is InChI=1S/C16H11Cl3N2OS/c17-12-4-2-1-3-10(12)5-8-15(22)21-16(23)20-11-6-7-13(18)14(19)9-11/h1-9H,(H2,20,21,22,23). The van der Waals surface area contributed by atoms with Crippen LogP contribution in [0.15, 0.2) is 48.5 Å². The van der Waals surface area contributed by atoms with Crippen LogP contribution in [0.5, 0.6) is 0 Å². The van der Waals surface area contributed by atoms with Gasteiger partial charge in [-0.25, -0.2) is 0 Å². The number of benzene rings is 2. The van der Waals surface area contributed by atoms with Crippen LogP contribution in [0.4, 0.5) is 5.69 Å². The molecule has 0 aliphatic carbocycles. The van der Waals surface area contributed by atoms with E-state index in [4.69, 9.17) is 47.0 Å². The van der Waals surface area contributed by atoms with Gasteiger partial charge in [0.1, 0.15) is 0 Å². The van der Waals surface area contributed by atoms with Crippen LogP contribution in [0.3, 0.4) is 0 Å². The molecule has 2 rings (SSSR count). The summed E-state index contributed by atoms with van der Waals surface area (Å²) in [5, 5.41) is 6.92. The summed E-state index contributed by atoms with van der Waals surface area (Å²) in [6.07, 6.45) is 2.96. The zero-order valence-electron chi connectivity index (χ0n) is 11.6. The molecule has 0 saturated carbocycles. The number of nitrogens with one attached hydrogen (secondary N) is 2. The minimum atomic E-state index is -0.373. The van der Waals surface area contributed by atoms with E-state index in [0.717, 1.165) is 5.56 Å². The Balaban J connectivity index is 1.93. The zero-order valence-corrected chi connectivity index (χ0v) is 14.7. The van der Waals surface area contributed by atoms with Gasteiger partial charge in [-0.1, -0.05) is 53.0 Å². The molecular weight excluding hydrogens is 375 g/mol. The average Bonchev–Trinajstić information content (AvgIpc) is 2.50. The summed E-state index contributed by atoms with van der Waals surface area (Å²) in [5.41, 5.74) is 1.37. The van der Waals surface area contributed by atoms with Crippen molar-refractivity contribution in [2.45, 2.75) is 0 Å². The van der Waals surface area contributed by atoms with Gasteiger partial charge < -0.3 is 5.32 Å². The summed E-state index contributed by atoms with van der Waals surface area (Å²) in [6.45, 7) is 0. The Hall–Kier alpha value is -1.59. The Kier molecular flexibility index (Phi) is 6.42. The monoisotopic (exact) mass is 384 g/mol. The van der Waals surface area contributed by atoms with Crippen LogP contribution in [0.1, 0.15) is 5.56 Å². The largest absolute Gasteiger partial charge is 0.332 e. The quantitative estimate of drug-likeness (QED) is 0.565. The highest BCUT2D eigenvalue weighted by molar-refractivity contribution is 7.80. The summed E-state index contributed by atoms with van der Waals surface area (Å²) < 4.78 is 0. The summed E-state index contributed by atoms with van der Waals surface area (Å²) in [7, 11) is 0. The lowest BCUT2D eigenvalue weighted by molar-refractivity contribution is -0.115. The van der Waals surface area contributed by atoms with Crippen LogP contribution in [-0.2, 0) is 4.79 Å². The molecule has 2 aromatic carbocycles. The third kappa shape index (κ3) is 5.52. The van der Waals surface area contributed by atoms with Crippen molar-refractivity contribution in [3.8, 4) is 0 Å². The molecule has 23 heavy (non-hydrogen) atoms. The topological polar surface area (TPSA) is 41.1 Å². The third-order valence-corrected chi connectivity index (χ3v) is 4.02. The molecule has 0 spiro atoms. The SMILES string of the molecule is O=C(C=Cc1ccccc1Cl)NC(=S)Nc1ccc(Cl)c(Cl)c1. The molecule has 0 aliphatic heterocycles. The van der Waals surface area contributed by atoms with Crippen molar-refractivity contribution in [1.29, 1.82) is 0 Å². The van der Waals surface area contributed by atoms with Crippen LogP contribution in [-0.4, -0.2) is 11.0 Å². The minimum absolute atomic E-state index is 0.150. The number of rotatable bonds is 3. The molecule has 0 bridgehead atoms. The third-order valence-electron chi connectivity index (χ3n) is 2.73. The lowest BCUT2D eigenvalue weighted by Gasteiger charge is -2.08. The van der Waals surface area contributed by atoms with E-state index < -0.39 is 0 Å². The van der Waals surface area contributed by atoms with Gasteiger partial charge in [0.2, 0.25) is 5.91 Å². The predicted molar refractivity (Wildman–Crippen MR) is 101 cm³/mol. The summed E-state index contributed by atoms with van der Waals surface area (Å²) in [4.78, 5) is 11.8. The first kappa shape index (κ1) is 17.8. The molecule has 2 N–H and O–H groups in total. The summed E-state index contributed by atoms with van der Waals surface area (Å²) in [6, 6.07) is 12.1. The lowest BCUT2D eigenvalue weighted by Crippen LogP contribution is -2.32. The van der Waals surface area contributed by atoms with Gasteiger partial charge in [0, 0.05) is 16.8 Å². The van der Waals surface area contributed by atoms with E-state index in [-0.39, 0.29) is 11.0 Å². The van der Waals surface area contributed by atoms with E-state index in [1.807, 2.05) is 12.1 Å². The highest BCUT2D eigenvalue weighted by Crippen LogP contribution is 2.24. The molecule has 0 atom stereocenters. The first-order chi connectivity index (χ1) is 11.0. The van der Waals surface area contributed by atoms with E-state index in [2.05, 4.69) is 10.6 Å². The molecule has 0 heterocycles. The van der Waals surface area contributed by atoms with Crippen molar-refractivity contribution < 1.29 is 4.79 Å². The Morgan fingerprint density at radius 2 is 1.74 bits per heavy atom. The number of hydrogen-bond acceptors (Lipinski definition) is 2. The average molecular weight is 386 g/mol. The Bertz CT molecular complexity index is 778. The minimum Gasteiger partial charge on any atom is -0.332 e. The normalized spacial score (nSPS) is 10.6. The molecule has 0 saturated heterocycles. The maximum atomic E-state index is 11.8. The Morgan fingerprint density at radius 1 is 1.00 bits per heavy atom. The Labute approximate surface area is 154 Å². The van der Waals surface area contributed by atoms with Gasteiger partial charge in [-0.15, -0.1) is 0 Å². The van der Waals surface area contributed by atoms with E-state index in [1.165, 1.54) is 6.08 Å². The maximum absolute atomic E-state index is 11.8. The van der Waals surface area contributed by atoms with E-state index in [0.29, 0.717) is 20.8 Å². The number of carbonyl (C=O) groups excluding carboxylic acids is 1. The van der Waals surface area contributed by atoms with Gasteiger partial charge in [-0.2, -0.15) is 0 Å². The number of halogens is 3. The second-order valence-electron chi connectivity index (χ2n) is 4.43. The fourth-order valence-corrected chi connectivity index (χ4v) is 2.38. The van der Waals surface area contributed by atoms with Crippen LogP contribution in [0.2, 0.25) is 15.1 Å². The molecule has 118 valence electrons. The summed E-state index contributed by atoms with van der Waals surface area (Å²) >= 11 is 22.8. The van der Waals surface area contributed by atoms with E-state index >= 15 is 0 Å². The summed E-state index contributed by atoms with van der Waals surface area (Å²) in [5.74, 6) is -0.373. The molecule has 0 fully saturated rings. The Morgan fingerprint density at radius 3 is 2.43 bits per heavy atom. The maximum Gasteiger partial charge on any atom is 0.250 e. The highest BCUT2D eigenvalue weighted by Gasteiger charge is 2.04. The molecule has 7 heteroatoms. The van der Waals surface area contributed by atoms with Gasteiger partial charge in [-0.05, 0) is 48.1 Å². The second kappa shape index (κ2) is 8.31. The van der Waals surface area contributed by atoms with E-state index in [1.54, 1.807) is 36.4 Å². The fraction of sp³-hybridized carbons (Fsp3) is 0. The molecule has 0 unspecified atom stereocenters. The van der Waals surface area contributed by atoms with Crippen molar-refractivity contribution >= 4 is 69.8 Å². The molecule has 3 nitrogen and oxygen atoms in total. The van der Waals surface area contributed by atoms with Crippen LogP contribution < -0.4 is 10.6 Å². The number of carbonyl (C=O) groups is 1. The first-order valence-corrected chi connectivity index (χ1v) is 7.99. The predicted octanol–water partition coefficient (Wildman–Crippen LogP) is 5.17. The number of anilines is 1. The molecule has 0 aliphatic rings. The van der Waals surface area contributed by atoms with Gasteiger partial charge >= 0.3 is 0 Å². The van der Waals surface area contributed by atoms with Crippen molar-refractivity contribution in [2.24, 2.45) is 0 Å². The number of thiocarbonyl (C=S) groups is 1. The van der Waals surface area contributed by atoms with Gasteiger partial charge in [-0.3, -0.25) is 10.1 Å². The van der Waals surface area contributed by atoms with Gasteiger partial charge in [0.25, 0.3) is 0 Å². The molecule has 1 amide bonds. The lowest BCUT2D eigenvalue weighted by atomic mass is 10.2. The first-order valence-electron chi connectivity index (χ1n) is 6.45. The smallest absolute Gasteiger partial charge is 0.250 e. The van der Waals surface area contributed by atoms with Crippen molar-refractivity contribution in [3.63, 3.8) is 0 Å². The second-order valence-corrected chi connectivity index (χ2v) is 6.06. The number of hydrogen-bond donors (Lipinski definition) is 2. The molecule has 2 aromatic rings. The van der Waals surface area contributed by atoms with Crippen LogP contribution in [0.25, 0.3) is 6.08 Å². The van der Waals surface area contributed by atoms with Crippen LogP contribution >= 0.6 is 47.0 Å².